The molecule has 4 rings (SSSR count). The fraction of sp³-hybridized carbons (Fsp3) is 0.438. The number of nitrogens with one attached hydrogen (secondary N) is 1. The summed E-state index contributed by atoms with van der Waals surface area (Å²) in [5, 5.41) is 14.6. The molecule has 0 amide bonds. The number of hydrogen-bond acceptors (Lipinski definition) is 12. The lowest BCUT2D eigenvalue weighted by Crippen LogP contribution is -2.47. The molecule has 13 nitrogen and oxygen atoms in total. The molecule has 1 unspecified atom stereocenters. The summed E-state index contributed by atoms with van der Waals surface area (Å²) in [6.07, 6.45) is 0. The highest BCUT2D eigenvalue weighted by molar-refractivity contribution is 5.99. The molecule has 45 heavy (non-hydrogen) atoms. The van der Waals surface area contributed by atoms with E-state index in [9.17, 15) is 19.7 Å². The largest absolute Gasteiger partial charge is 0.493 e. The predicted molar refractivity (Wildman–Crippen MR) is 165 cm³/mol. The zero-order chi connectivity index (χ0) is 32.7. The number of benzene rings is 2. The number of non-ortho nitro benzene ring substituents is 1. The number of nitro groups is 1. The fourth-order valence-electron chi connectivity index (χ4n) is 5.84. The molecule has 0 aliphatic carbocycles. The standard InChI is InChI=1S/C32H40N4O9/c1-20-26(31(37)44-6)28(22-8-7-9-24(18-22)36(39)40)27(21(2)33-20)32(38)45-17-16-34-12-14-35(15-13-34)19-23-10-11-25(41-3)30(43-5)29(23)42-4/h7-11,18,28,33H,12-17,19H2,1-6H3. The van der Waals surface area contributed by atoms with E-state index in [2.05, 4.69) is 15.1 Å². The van der Waals surface area contributed by atoms with Crippen molar-refractivity contribution in [1.29, 1.82) is 0 Å². The summed E-state index contributed by atoms with van der Waals surface area (Å²) in [5.41, 5.74) is 2.65. The Bertz CT molecular complexity index is 1500. The van der Waals surface area contributed by atoms with Crippen molar-refractivity contribution < 1.29 is 38.2 Å². The van der Waals surface area contributed by atoms with Gasteiger partial charge >= 0.3 is 11.9 Å². The molecule has 2 aromatic rings. The van der Waals surface area contributed by atoms with Gasteiger partial charge < -0.3 is 29.0 Å². The molecule has 0 aromatic heterocycles. The number of nitrogens with zero attached hydrogens (tertiary/aromatic N) is 3. The predicted octanol–water partition coefficient (Wildman–Crippen LogP) is 3.39. The van der Waals surface area contributed by atoms with Crippen LogP contribution >= 0.6 is 0 Å². The van der Waals surface area contributed by atoms with Gasteiger partial charge in [-0.2, -0.15) is 0 Å². The summed E-state index contributed by atoms with van der Waals surface area (Å²) in [5.74, 6) is -0.326. The van der Waals surface area contributed by atoms with E-state index in [1.165, 1.54) is 25.3 Å². The van der Waals surface area contributed by atoms with Crippen molar-refractivity contribution in [2.45, 2.75) is 26.3 Å². The number of nitro benzene ring substituents is 1. The van der Waals surface area contributed by atoms with Crippen molar-refractivity contribution in [3.8, 4) is 17.2 Å². The summed E-state index contributed by atoms with van der Waals surface area (Å²) >= 11 is 0. The van der Waals surface area contributed by atoms with E-state index in [4.69, 9.17) is 23.7 Å². The van der Waals surface area contributed by atoms with E-state index >= 15 is 0 Å². The molecule has 242 valence electrons. The van der Waals surface area contributed by atoms with Crippen LogP contribution in [0.5, 0.6) is 17.2 Å². The Labute approximate surface area is 262 Å². The smallest absolute Gasteiger partial charge is 0.336 e. The second-order valence-corrected chi connectivity index (χ2v) is 10.7. The highest BCUT2D eigenvalue weighted by Gasteiger charge is 2.38. The van der Waals surface area contributed by atoms with E-state index in [-0.39, 0.29) is 23.4 Å². The number of carbonyl (C=O) groups excluding carboxylic acids is 2. The quantitative estimate of drug-likeness (QED) is 0.210. The van der Waals surface area contributed by atoms with Gasteiger partial charge in [-0.3, -0.25) is 19.9 Å². The fourth-order valence-corrected chi connectivity index (χ4v) is 5.84. The highest BCUT2D eigenvalue weighted by Crippen LogP contribution is 2.41. The molecule has 2 aromatic carbocycles. The summed E-state index contributed by atoms with van der Waals surface area (Å²) in [7, 11) is 6.04. The molecule has 0 saturated carbocycles. The monoisotopic (exact) mass is 624 g/mol. The van der Waals surface area contributed by atoms with Gasteiger partial charge in [0.1, 0.15) is 6.61 Å². The lowest BCUT2D eigenvalue weighted by Gasteiger charge is -2.35. The lowest BCUT2D eigenvalue weighted by molar-refractivity contribution is -0.384. The van der Waals surface area contributed by atoms with Gasteiger partial charge in [0.25, 0.3) is 5.69 Å². The van der Waals surface area contributed by atoms with Crippen LogP contribution in [0.2, 0.25) is 0 Å². The normalized spacial score (nSPS) is 17.4. The van der Waals surface area contributed by atoms with Gasteiger partial charge in [-0.1, -0.05) is 18.2 Å². The topological polar surface area (TPSA) is 142 Å². The number of piperazine rings is 1. The maximum Gasteiger partial charge on any atom is 0.336 e. The van der Waals surface area contributed by atoms with E-state index < -0.39 is 22.8 Å². The van der Waals surface area contributed by atoms with Crippen molar-refractivity contribution in [3.63, 3.8) is 0 Å². The molecule has 2 aliphatic heterocycles. The Kier molecular flexibility index (Phi) is 11.0. The number of ether oxygens (including phenoxy) is 5. The number of dihydropyridines is 1. The van der Waals surface area contributed by atoms with Crippen molar-refractivity contribution in [1.82, 2.24) is 15.1 Å². The van der Waals surface area contributed by atoms with Crippen LogP contribution in [-0.4, -0.2) is 94.4 Å². The van der Waals surface area contributed by atoms with Crippen molar-refractivity contribution >= 4 is 17.6 Å². The number of rotatable bonds is 12. The number of hydrogen-bond donors (Lipinski definition) is 1. The minimum Gasteiger partial charge on any atom is -0.493 e. The van der Waals surface area contributed by atoms with Crippen molar-refractivity contribution in [2.75, 3.05) is 67.8 Å². The van der Waals surface area contributed by atoms with Crippen LogP contribution in [0.3, 0.4) is 0 Å². The third kappa shape index (κ3) is 7.37. The maximum absolute atomic E-state index is 13.5. The van der Waals surface area contributed by atoms with Gasteiger partial charge in [-0.05, 0) is 25.5 Å². The Balaban J connectivity index is 1.40. The minimum absolute atomic E-state index is 0.136. The van der Waals surface area contributed by atoms with E-state index in [0.717, 1.165) is 31.7 Å². The number of methoxy groups -OCH3 is 4. The first-order chi connectivity index (χ1) is 21.6. The van der Waals surface area contributed by atoms with Gasteiger partial charge in [-0.25, -0.2) is 9.59 Å². The van der Waals surface area contributed by atoms with Crippen LogP contribution in [0.4, 0.5) is 5.69 Å². The zero-order valence-corrected chi connectivity index (χ0v) is 26.5. The molecule has 1 saturated heterocycles. The van der Waals surface area contributed by atoms with E-state index in [0.29, 0.717) is 47.3 Å². The van der Waals surface area contributed by atoms with Gasteiger partial charge in [0.2, 0.25) is 5.75 Å². The Hall–Kier alpha value is -4.62. The molecule has 13 heteroatoms. The molecular formula is C32H40N4O9. The molecule has 0 radical (unpaired) electrons. The van der Waals surface area contributed by atoms with Crippen LogP contribution in [0, 0.1) is 10.1 Å². The molecule has 1 fully saturated rings. The van der Waals surface area contributed by atoms with Crippen LogP contribution in [0.15, 0.2) is 58.9 Å². The third-order valence-electron chi connectivity index (χ3n) is 8.09. The van der Waals surface area contributed by atoms with Crippen LogP contribution < -0.4 is 19.5 Å². The van der Waals surface area contributed by atoms with Crippen LogP contribution in [0.25, 0.3) is 0 Å². The highest BCUT2D eigenvalue weighted by atomic mass is 16.6. The zero-order valence-electron chi connectivity index (χ0n) is 26.5. The average molecular weight is 625 g/mol. The Morgan fingerprint density at radius 3 is 2.13 bits per heavy atom. The maximum atomic E-state index is 13.5. The second kappa shape index (κ2) is 14.9. The first-order valence-electron chi connectivity index (χ1n) is 14.5. The third-order valence-corrected chi connectivity index (χ3v) is 8.09. The molecular weight excluding hydrogens is 584 g/mol. The summed E-state index contributed by atoms with van der Waals surface area (Å²) in [6.45, 7) is 7.93. The molecule has 0 spiro atoms. The molecule has 0 bridgehead atoms. The van der Waals surface area contributed by atoms with Crippen molar-refractivity contribution in [3.05, 3.63) is 80.2 Å². The molecule has 2 aliphatic rings. The summed E-state index contributed by atoms with van der Waals surface area (Å²) < 4.78 is 27.3. The Morgan fingerprint density at radius 2 is 1.53 bits per heavy atom. The van der Waals surface area contributed by atoms with E-state index in [1.807, 2.05) is 12.1 Å². The van der Waals surface area contributed by atoms with E-state index in [1.54, 1.807) is 41.2 Å². The summed E-state index contributed by atoms with van der Waals surface area (Å²) in [6, 6.07) is 9.75. The average Bonchev–Trinajstić information content (AvgIpc) is 3.04. The van der Waals surface area contributed by atoms with Gasteiger partial charge in [-0.15, -0.1) is 0 Å². The molecule has 1 N–H and O–H groups in total. The Morgan fingerprint density at radius 1 is 0.889 bits per heavy atom. The van der Waals surface area contributed by atoms with Gasteiger partial charge in [0, 0.05) is 68.4 Å². The number of allylic oxidation sites excluding steroid dienone is 2. The first kappa shape index (κ1) is 33.3. The lowest BCUT2D eigenvalue weighted by atomic mass is 9.80. The van der Waals surface area contributed by atoms with Crippen molar-refractivity contribution in [2.24, 2.45) is 0 Å². The second-order valence-electron chi connectivity index (χ2n) is 10.7. The van der Waals surface area contributed by atoms with Crippen LogP contribution in [0.1, 0.15) is 30.9 Å². The minimum atomic E-state index is -0.900. The SMILES string of the molecule is COC(=O)C1=C(C)NC(C)=C(C(=O)OCCN2CCN(Cc3ccc(OC)c(OC)c3OC)CC2)C1c1cccc([N+](=O)[O-])c1. The number of carbonyl (C=O) groups is 2. The first-order valence-corrected chi connectivity index (χ1v) is 14.5. The van der Waals surface area contributed by atoms with Gasteiger partial charge in [0.05, 0.1) is 50.4 Å². The van der Waals surface area contributed by atoms with Gasteiger partial charge in [0.15, 0.2) is 11.5 Å². The summed E-state index contributed by atoms with van der Waals surface area (Å²) in [4.78, 5) is 41.9. The molecule has 1 atom stereocenters. The molecule has 2 heterocycles. The van der Waals surface area contributed by atoms with Crippen LogP contribution in [-0.2, 0) is 25.6 Å². The number of esters is 2.